The van der Waals surface area contributed by atoms with Crippen LogP contribution in [-0.2, 0) is 6.42 Å². The van der Waals surface area contributed by atoms with Crippen LogP contribution in [0.3, 0.4) is 0 Å². The fourth-order valence-electron chi connectivity index (χ4n) is 2.98. The molecule has 2 aromatic heterocycles. The average Bonchev–Trinajstić information content (AvgIpc) is 3.22. The maximum Gasteiger partial charge on any atom is 0.251 e. The number of amides is 1. The SMILES string of the molecule is Cc1nc(-c2cnc3c(c2)CCC3NC(=O)c2ccccc2)no1. The van der Waals surface area contributed by atoms with E-state index in [-0.39, 0.29) is 11.9 Å². The highest BCUT2D eigenvalue weighted by molar-refractivity contribution is 5.94. The summed E-state index contributed by atoms with van der Waals surface area (Å²) in [5, 5.41) is 6.99. The quantitative estimate of drug-likeness (QED) is 0.802. The van der Waals surface area contributed by atoms with Crippen LogP contribution in [0.4, 0.5) is 0 Å². The summed E-state index contributed by atoms with van der Waals surface area (Å²) >= 11 is 0. The topological polar surface area (TPSA) is 80.9 Å². The molecule has 0 saturated heterocycles. The van der Waals surface area contributed by atoms with Gasteiger partial charge >= 0.3 is 0 Å². The van der Waals surface area contributed by atoms with Crippen molar-refractivity contribution in [1.82, 2.24) is 20.4 Å². The molecule has 1 aromatic carbocycles. The number of aromatic nitrogens is 3. The van der Waals surface area contributed by atoms with Gasteiger partial charge in [0.05, 0.1) is 11.7 Å². The summed E-state index contributed by atoms with van der Waals surface area (Å²) in [6.45, 7) is 1.76. The lowest BCUT2D eigenvalue weighted by Crippen LogP contribution is -2.27. The molecule has 2 heterocycles. The number of benzene rings is 1. The van der Waals surface area contributed by atoms with Gasteiger partial charge in [0.2, 0.25) is 11.7 Å². The van der Waals surface area contributed by atoms with Crippen LogP contribution in [-0.4, -0.2) is 21.0 Å². The van der Waals surface area contributed by atoms with Gasteiger partial charge < -0.3 is 9.84 Å². The first-order valence-corrected chi connectivity index (χ1v) is 7.86. The minimum atomic E-state index is -0.0758. The summed E-state index contributed by atoms with van der Waals surface area (Å²) in [5.41, 5.74) is 3.53. The lowest BCUT2D eigenvalue weighted by atomic mass is 10.1. The predicted molar refractivity (Wildman–Crippen MR) is 87.2 cm³/mol. The molecule has 1 aliphatic rings. The molecule has 3 aromatic rings. The van der Waals surface area contributed by atoms with Crippen LogP contribution in [0, 0.1) is 6.92 Å². The zero-order valence-electron chi connectivity index (χ0n) is 13.2. The van der Waals surface area contributed by atoms with Crippen molar-refractivity contribution in [3.63, 3.8) is 0 Å². The van der Waals surface area contributed by atoms with Gasteiger partial charge in [-0.05, 0) is 36.6 Å². The summed E-state index contributed by atoms with van der Waals surface area (Å²) in [6.07, 6.45) is 3.44. The maximum atomic E-state index is 12.3. The summed E-state index contributed by atoms with van der Waals surface area (Å²) in [7, 11) is 0. The standard InChI is InChI=1S/C18H16N4O2/c1-11-20-17(22-24-11)14-9-13-7-8-15(16(13)19-10-14)21-18(23)12-5-3-2-4-6-12/h2-6,9-10,15H,7-8H2,1H3,(H,21,23). The number of carbonyl (C=O) groups is 1. The van der Waals surface area contributed by atoms with E-state index in [1.54, 1.807) is 25.3 Å². The third-order valence-electron chi connectivity index (χ3n) is 4.16. The summed E-state index contributed by atoms with van der Waals surface area (Å²) in [6, 6.07) is 11.2. The maximum absolute atomic E-state index is 12.3. The molecule has 0 bridgehead atoms. The van der Waals surface area contributed by atoms with Crippen LogP contribution in [0.2, 0.25) is 0 Å². The second kappa shape index (κ2) is 5.88. The fourth-order valence-corrected chi connectivity index (χ4v) is 2.98. The van der Waals surface area contributed by atoms with Gasteiger partial charge in [-0.25, -0.2) is 0 Å². The Hall–Kier alpha value is -3.02. The van der Waals surface area contributed by atoms with Crippen molar-refractivity contribution in [2.45, 2.75) is 25.8 Å². The second-order valence-electron chi connectivity index (χ2n) is 5.84. The molecule has 120 valence electrons. The van der Waals surface area contributed by atoms with Crippen molar-refractivity contribution in [3.05, 3.63) is 65.3 Å². The van der Waals surface area contributed by atoms with Gasteiger partial charge in [-0.2, -0.15) is 4.98 Å². The lowest BCUT2D eigenvalue weighted by molar-refractivity contribution is 0.0936. The number of aryl methyl sites for hydroxylation is 2. The van der Waals surface area contributed by atoms with Gasteiger partial charge in [-0.3, -0.25) is 9.78 Å². The molecule has 6 nitrogen and oxygen atoms in total. The van der Waals surface area contributed by atoms with Gasteiger partial charge in [0.25, 0.3) is 5.91 Å². The first-order valence-electron chi connectivity index (χ1n) is 7.86. The Kier molecular flexibility index (Phi) is 3.57. The molecule has 1 amide bonds. The van der Waals surface area contributed by atoms with Crippen molar-refractivity contribution >= 4 is 5.91 Å². The van der Waals surface area contributed by atoms with Crippen LogP contribution in [0.15, 0.2) is 47.1 Å². The van der Waals surface area contributed by atoms with Crippen LogP contribution < -0.4 is 5.32 Å². The summed E-state index contributed by atoms with van der Waals surface area (Å²) in [4.78, 5) is 21.1. The normalized spacial score (nSPS) is 16.0. The van der Waals surface area contributed by atoms with Gasteiger partial charge in [0.15, 0.2) is 0 Å². The second-order valence-corrected chi connectivity index (χ2v) is 5.84. The number of nitrogens with zero attached hydrogens (tertiary/aromatic N) is 3. The molecule has 4 rings (SSSR count). The molecular weight excluding hydrogens is 304 g/mol. The Morgan fingerprint density at radius 3 is 2.88 bits per heavy atom. The number of fused-ring (bicyclic) bond motifs is 1. The van der Waals surface area contributed by atoms with Crippen molar-refractivity contribution in [1.29, 1.82) is 0 Å². The van der Waals surface area contributed by atoms with E-state index in [4.69, 9.17) is 4.52 Å². The van der Waals surface area contributed by atoms with E-state index in [1.165, 1.54) is 0 Å². The smallest absolute Gasteiger partial charge is 0.251 e. The zero-order valence-corrected chi connectivity index (χ0v) is 13.2. The minimum absolute atomic E-state index is 0.0613. The molecule has 1 unspecified atom stereocenters. The zero-order chi connectivity index (χ0) is 16.5. The van der Waals surface area contributed by atoms with Crippen LogP contribution in [0.25, 0.3) is 11.4 Å². The number of hydrogen-bond donors (Lipinski definition) is 1. The first kappa shape index (κ1) is 14.6. The van der Waals surface area contributed by atoms with Gasteiger partial charge in [-0.1, -0.05) is 23.4 Å². The molecule has 24 heavy (non-hydrogen) atoms. The van der Waals surface area contributed by atoms with E-state index in [1.807, 2.05) is 24.3 Å². The molecule has 0 spiro atoms. The van der Waals surface area contributed by atoms with Crippen molar-refractivity contribution in [3.8, 4) is 11.4 Å². The monoisotopic (exact) mass is 320 g/mol. The molecule has 0 radical (unpaired) electrons. The van der Waals surface area contributed by atoms with Gasteiger partial charge in [-0.15, -0.1) is 0 Å². The number of nitrogens with one attached hydrogen (secondary N) is 1. The number of rotatable bonds is 3. The Morgan fingerprint density at radius 2 is 2.12 bits per heavy atom. The van der Waals surface area contributed by atoms with E-state index in [0.29, 0.717) is 17.3 Å². The van der Waals surface area contributed by atoms with Gasteiger partial charge in [0, 0.05) is 24.2 Å². The van der Waals surface area contributed by atoms with Crippen LogP contribution in [0.1, 0.15) is 40.0 Å². The Morgan fingerprint density at radius 1 is 1.29 bits per heavy atom. The van der Waals surface area contributed by atoms with E-state index in [9.17, 15) is 4.79 Å². The lowest BCUT2D eigenvalue weighted by Gasteiger charge is -2.13. The van der Waals surface area contributed by atoms with Gasteiger partial charge in [0.1, 0.15) is 0 Å². The molecule has 0 aliphatic heterocycles. The predicted octanol–water partition coefficient (Wildman–Crippen LogP) is 2.86. The fraction of sp³-hybridized carbons (Fsp3) is 0.222. The number of pyridine rings is 1. The third kappa shape index (κ3) is 2.67. The van der Waals surface area contributed by atoms with E-state index in [2.05, 4.69) is 20.4 Å². The Bertz CT molecular complexity index is 889. The van der Waals surface area contributed by atoms with Crippen molar-refractivity contribution in [2.75, 3.05) is 0 Å². The van der Waals surface area contributed by atoms with E-state index >= 15 is 0 Å². The average molecular weight is 320 g/mol. The molecule has 6 heteroatoms. The van der Waals surface area contributed by atoms with Crippen molar-refractivity contribution in [2.24, 2.45) is 0 Å². The largest absolute Gasteiger partial charge is 0.344 e. The highest BCUT2D eigenvalue weighted by Gasteiger charge is 2.26. The van der Waals surface area contributed by atoms with Crippen molar-refractivity contribution < 1.29 is 9.32 Å². The highest BCUT2D eigenvalue weighted by Crippen LogP contribution is 2.31. The van der Waals surface area contributed by atoms with Crippen LogP contribution >= 0.6 is 0 Å². The summed E-state index contributed by atoms with van der Waals surface area (Å²) in [5.74, 6) is 0.992. The first-order chi connectivity index (χ1) is 11.7. The van der Waals surface area contributed by atoms with E-state index < -0.39 is 0 Å². The molecule has 1 aliphatic carbocycles. The minimum Gasteiger partial charge on any atom is -0.344 e. The Labute approximate surface area is 138 Å². The number of carbonyl (C=O) groups excluding carboxylic acids is 1. The Balaban J connectivity index is 1.55. The third-order valence-corrected chi connectivity index (χ3v) is 4.16. The molecule has 1 N–H and O–H groups in total. The highest BCUT2D eigenvalue weighted by atomic mass is 16.5. The molecule has 1 atom stereocenters. The van der Waals surface area contributed by atoms with E-state index in [0.717, 1.165) is 29.7 Å². The van der Waals surface area contributed by atoms with Crippen LogP contribution in [0.5, 0.6) is 0 Å². The molecule has 0 saturated carbocycles. The summed E-state index contributed by atoms with van der Waals surface area (Å²) < 4.78 is 5.02. The molecule has 0 fully saturated rings. The molecular formula is C18H16N4O2. The number of hydrogen-bond acceptors (Lipinski definition) is 5.